The van der Waals surface area contributed by atoms with Crippen LogP contribution < -0.4 is 0 Å². The maximum absolute atomic E-state index is 3.92. The van der Waals surface area contributed by atoms with E-state index in [0.29, 0.717) is 5.41 Å². The SMILES string of the molecule is C=C(C)c1ccc(/C=C\C)c(C)c1.C=C/C=C(\C(=C/CC(C)(C)C)CC)C(C)(C)C.CC. The molecule has 1 rings (SSSR count). The van der Waals surface area contributed by atoms with E-state index >= 15 is 0 Å². The van der Waals surface area contributed by atoms with Crippen LogP contribution in [0.1, 0.15) is 106 Å². The van der Waals surface area contributed by atoms with Crippen LogP contribution in [0.25, 0.3) is 11.6 Å². The summed E-state index contributed by atoms with van der Waals surface area (Å²) in [6, 6.07) is 6.43. The minimum Gasteiger partial charge on any atom is -0.0991 e. The Morgan fingerprint density at radius 3 is 1.94 bits per heavy atom. The van der Waals surface area contributed by atoms with Gasteiger partial charge in [0, 0.05) is 0 Å². The topological polar surface area (TPSA) is 0 Å². The predicted octanol–water partition coefficient (Wildman–Crippen LogP) is 11.0. The Bertz CT molecular complexity index is 780. The first-order chi connectivity index (χ1) is 14.8. The molecule has 0 unspecified atom stereocenters. The summed E-state index contributed by atoms with van der Waals surface area (Å²) in [5.74, 6) is 0. The van der Waals surface area contributed by atoms with E-state index in [9.17, 15) is 0 Å². The Morgan fingerprint density at radius 2 is 1.59 bits per heavy atom. The highest BCUT2D eigenvalue weighted by molar-refractivity contribution is 5.65. The first kappa shape index (κ1) is 32.1. The van der Waals surface area contributed by atoms with Gasteiger partial charge in [-0.05, 0) is 72.3 Å². The minimum absolute atomic E-state index is 0.188. The standard InChI is InChI=1S/C17H30.C13H16.C2H6/c1-9-11-15(17(6,7)8)14(10-2)12-13-16(3,4)5;1-5-6-12-7-8-13(10(2)3)9-11(12)4;1-2/h9,11-12H,1,10,13H2,2-8H3;5-9H,2H2,1,3-4H3;1-2H3/b14-12-,15-11+;6-5-;. The molecule has 0 N–H and O–H groups in total. The highest BCUT2D eigenvalue weighted by Crippen LogP contribution is 2.34. The summed E-state index contributed by atoms with van der Waals surface area (Å²) < 4.78 is 0. The van der Waals surface area contributed by atoms with E-state index in [4.69, 9.17) is 0 Å². The fourth-order valence-electron chi connectivity index (χ4n) is 3.14. The first-order valence-electron chi connectivity index (χ1n) is 12.2. The van der Waals surface area contributed by atoms with Crippen molar-refractivity contribution in [2.45, 2.75) is 95.9 Å². The molecule has 0 heterocycles. The van der Waals surface area contributed by atoms with Crippen molar-refractivity contribution in [3.8, 4) is 0 Å². The van der Waals surface area contributed by atoms with E-state index in [2.05, 4.69) is 111 Å². The third-order valence-electron chi connectivity index (χ3n) is 4.89. The maximum Gasteiger partial charge on any atom is -0.0129 e. The Morgan fingerprint density at radius 1 is 1.03 bits per heavy atom. The van der Waals surface area contributed by atoms with E-state index in [1.54, 1.807) is 0 Å². The summed E-state index contributed by atoms with van der Waals surface area (Å²) in [4.78, 5) is 0. The highest BCUT2D eigenvalue weighted by atomic mass is 14.2. The number of aryl methyl sites for hydroxylation is 1. The largest absolute Gasteiger partial charge is 0.0991 e. The molecule has 1 aromatic carbocycles. The second-order valence-corrected chi connectivity index (χ2v) is 10.3. The third kappa shape index (κ3) is 13.4. The molecule has 0 atom stereocenters. The molecule has 0 aromatic heterocycles. The van der Waals surface area contributed by atoms with Crippen molar-refractivity contribution in [1.82, 2.24) is 0 Å². The van der Waals surface area contributed by atoms with Gasteiger partial charge < -0.3 is 0 Å². The minimum atomic E-state index is 0.188. The number of hydrogen-bond acceptors (Lipinski definition) is 0. The second kappa shape index (κ2) is 15.7. The lowest BCUT2D eigenvalue weighted by Crippen LogP contribution is -2.12. The van der Waals surface area contributed by atoms with Gasteiger partial charge in [0.05, 0.1) is 0 Å². The molecule has 0 aliphatic heterocycles. The smallest absolute Gasteiger partial charge is 0.0129 e. The molecule has 32 heavy (non-hydrogen) atoms. The van der Waals surface area contributed by atoms with Crippen molar-refractivity contribution >= 4 is 11.6 Å². The van der Waals surface area contributed by atoms with Crippen molar-refractivity contribution in [1.29, 1.82) is 0 Å². The van der Waals surface area contributed by atoms with E-state index in [-0.39, 0.29) is 5.41 Å². The molecule has 180 valence electrons. The molecule has 0 radical (unpaired) electrons. The van der Waals surface area contributed by atoms with Gasteiger partial charge in [-0.1, -0.05) is 130 Å². The fourth-order valence-corrected chi connectivity index (χ4v) is 3.14. The van der Waals surface area contributed by atoms with E-state index in [1.807, 2.05) is 33.8 Å². The van der Waals surface area contributed by atoms with Gasteiger partial charge in [0.1, 0.15) is 0 Å². The van der Waals surface area contributed by atoms with Gasteiger partial charge >= 0.3 is 0 Å². The average Bonchev–Trinajstić information content (AvgIpc) is 2.69. The van der Waals surface area contributed by atoms with Crippen LogP contribution >= 0.6 is 0 Å². The van der Waals surface area contributed by atoms with Crippen LogP contribution in [0.4, 0.5) is 0 Å². The van der Waals surface area contributed by atoms with Gasteiger partial charge in [-0.3, -0.25) is 0 Å². The van der Waals surface area contributed by atoms with Crippen molar-refractivity contribution in [2.24, 2.45) is 10.8 Å². The van der Waals surface area contributed by atoms with E-state index in [1.165, 1.54) is 27.8 Å². The lowest BCUT2D eigenvalue weighted by Gasteiger charge is -2.26. The van der Waals surface area contributed by atoms with Gasteiger partial charge in [0.2, 0.25) is 0 Å². The number of rotatable bonds is 6. The predicted molar refractivity (Wildman–Crippen MR) is 152 cm³/mol. The summed E-state index contributed by atoms with van der Waals surface area (Å²) in [7, 11) is 0. The monoisotopic (exact) mass is 436 g/mol. The van der Waals surface area contributed by atoms with Crippen LogP contribution in [0, 0.1) is 17.8 Å². The lowest BCUT2D eigenvalue weighted by atomic mass is 9.79. The van der Waals surface area contributed by atoms with Gasteiger partial charge in [0.15, 0.2) is 0 Å². The Labute approximate surface area is 201 Å². The molecule has 0 saturated carbocycles. The van der Waals surface area contributed by atoms with Gasteiger partial charge in [-0.2, -0.15) is 0 Å². The molecular formula is C32H52. The molecule has 0 bridgehead atoms. The molecule has 0 aliphatic rings. The number of benzene rings is 1. The van der Waals surface area contributed by atoms with Crippen molar-refractivity contribution in [3.63, 3.8) is 0 Å². The van der Waals surface area contributed by atoms with Crippen LogP contribution in [0.5, 0.6) is 0 Å². The highest BCUT2D eigenvalue weighted by Gasteiger charge is 2.19. The van der Waals surface area contributed by atoms with Crippen LogP contribution in [0.15, 0.2) is 66.8 Å². The van der Waals surface area contributed by atoms with Crippen LogP contribution in [-0.4, -0.2) is 0 Å². The third-order valence-corrected chi connectivity index (χ3v) is 4.89. The molecule has 0 amide bonds. The summed E-state index contributed by atoms with van der Waals surface area (Å²) in [6.07, 6.45) is 12.9. The summed E-state index contributed by atoms with van der Waals surface area (Å²) in [6.45, 7) is 33.8. The van der Waals surface area contributed by atoms with Crippen LogP contribution in [-0.2, 0) is 0 Å². The average molecular weight is 437 g/mol. The quantitative estimate of drug-likeness (QED) is 0.389. The Balaban J connectivity index is 0. The molecule has 0 spiro atoms. The lowest BCUT2D eigenvalue weighted by molar-refractivity contribution is 0.418. The van der Waals surface area contributed by atoms with Gasteiger partial charge in [0.25, 0.3) is 0 Å². The van der Waals surface area contributed by atoms with Gasteiger partial charge in [-0.25, -0.2) is 0 Å². The number of hydrogen-bond donors (Lipinski definition) is 0. The molecule has 0 fully saturated rings. The summed E-state index contributed by atoms with van der Waals surface area (Å²) in [5, 5.41) is 0. The van der Waals surface area contributed by atoms with Crippen molar-refractivity contribution in [3.05, 3.63) is 83.5 Å². The Hall–Kier alpha value is -2.08. The normalized spacial score (nSPS) is 12.5. The molecule has 0 aliphatic carbocycles. The zero-order valence-corrected chi connectivity index (χ0v) is 23.4. The van der Waals surface area contributed by atoms with Crippen molar-refractivity contribution < 1.29 is 0 Å². The molecule has 0 nitrogen and oxygen atoms in total. The Kier molecular flexibility index (Phi) is 15.7. The summed E-state index contributed by atoms with van der Waals surface area (Å²) >= 11 is 0. The first-order valence-corrected chi connectivity index (χ1v) is 12.2. The van der Waals surface area contributed by atoms with Gasteiger partial charge in [-0.15, -0.1) is 0 Å². The van der Waals surface area contributed by atoms with Crippen molar-refractivity contribution in [2.75, 3.05) is 0 Å². The molecule has 1 aromatic rings. The molecule has 0 saturated heterocycles. The van der Waals surface area contributed by atoms with Crippen LogP contribution in [0.3, 0.4) is 0 Å². The van der Waals surface area contributed by atoms with Crippen LogP contribution in [0.2, 0.25) is 0 Å². The molecule has 0 heteroatoms. The number of allylic oxidation sites excluding steroid dienone is 7. The van der Waals surface area contributed by atoms with E-state index in [0.717, 1.165) is 18.4 Å². The zero-order chi connectivity index (χ0) is 25.5. The zero-order valence-electron chi connectivity index (χ0n) is 23.4. The second-order valence-electron chi connectivity index (χ2n) is 10.3. The summed E-state index contributed by atoms with van der Waals surface area (Å²) in [5.41, 5.74) is 8.37. The molecular weight excluding hydrogens is 384 g/mol. The maximum atomic E-state index is 3.92. The fraction of sp³-hybridized carbons (Fsp3) is 0.500. The van der Waals surface area contributed by atoms with E-state index < -0.39 is 0 Å².